The summed E-state index contributed by atoms with van der Waals surface area (Å²) in [5.41, 5.74) is -1.09. The highest BCUT2D eigenvalue weighted by Crippen LogP contribution is 2.34. The van der Waals surface area contributed by atoms with Gasteiger partial charge < -0.3 is 4.74 Å². The summed E-state index contributed by atoms with van der Waals surface area (Å²) in [7, 11) is 0. The number of hydrogen-bond acceptors (Lipinski definition) is 3. The minimum Gasteiger partial charge on any atom is -0.466 e. The number of halogens is 4. The maximum atomic E-state index is 12.9. The normalized spacial score (nSPS) is 11.0. The van der Waals surface area contributed by atoms with Gasteiger partial charge in [-0.05, 0) is 24.1 Å². The van der Waals surface area contributed by atoms with Gasteiger partial charge in [0.2, 0.25) is 0 Å². The summed E-state index contributed by atoms with van der Waals surface area (Å²) in [4.78, 5) is 11.3. The van der Waals surface area contributed by atoms with Crippen LogP contribution >= 0.6 is 15.9 Å². The van der Waals surface area contributed by atoms with Gasteiger partial charge in [0.25, 0.3) is 0 Å². The Morgan fingerprint density at radius 2 is 2.10 bits per heavy atom. The highest BCUT2D eigenvalue weighted by atomic mass is 79.9. The standard InChI is InChI=1S/C13H11BrF3NO2/c1-2-20-12(19)5-8-3-9(6-14)10(7-18)11(4-8)13(15,16)17/h3-4H,2,5-6H2,1H3. The van der Waals surface area contributed by atoms with E-state index in [1.807, 2.05) is 0 Å². The first-order valence-corrected chi connectivity index (χ1v) is 6.80. The van der Waals surface area contributed by atoms with Gasteiger partial charge in [-0.2, -0.15) is 18.4 Å². The topological polar surface area (TPSA) is 50.1 Å². The molecule has 1 aromatic rings. The largest absolute Gasteiger partial charge is 0.466 e. The molecule has 0 aliphatic heterocycles. The average Bonchev–Trinajstić information content (AvgIpc) is 2.36. The number of hydrogen-bond donors (Lipinski definition) is 0. The maximum absolute atomic E-state index is 12.9. The Bertz CT molecular complexity index is 550. The fourth-order valence-electron chi connectivity index (χ4n) is 1.71. The first-order chi connectivity index (χ1) is 9.33. The van der Waals surface area contributed by atoms with E-state index < -0.39 is 23.3 Å². The quantitative estimate of drug-likeness (QED) is 0.616. The van der Waals surface area contributed by atoms with E-state index in [-0.39, 0.29) is 29.5 Å². The number of carbonyl (C=O) groups excluding carboxylic acids is 1. The lowest BCUT2D eigenvalue weighted by Gasteiger charge is -2.14. The van der Waals surface area contributed by atoms with Gasteiger partial charge in [0.15, 0.2) is 0 Å². The number of nitrogens with zero attached hydrogens (tertiary/aromatic N) is 1. The molecule has 108 valence electrons. The summed E-state index contributed by atoms with van der Waals surface area (Å²) in [6.45, 7) is 1.77. The van der Waals surface area contributed by atoms with Crippen molar-refractivity contribution in [1.29, 1.82) is 5.26 Å². The van der Waals surface area contributed by atoms with E-state index >= 15 is 0 Å². The zero-order valence-corrected chi connectivity index (χ0v) is 12.1. The number of rotatable bonds is 4. The van der Waals surface area contributed by atoms with Crippen LogP contribution in [0.15, 0.2) is 12.1 Å². The molecule has 0 N–H and O–H groups in total. The highest BCUT2D eigenvalue weighted by molar-refractivity contribution is 9.08. The average molecular weight is 350 g/mol. The fourth-order valence-corrected chi connectivity index (χ4v) is 2.15. The number of benzene rings is 1. The Hall–Kier alpha value is -1.55. The van der Waals surface area contributed by atoms with E-state index in [0.717, 1.165) is 6.07 Å². The van der Waals surface area contributed by atoms with Crippen molar-refractivity contribution in [2.24, 2.45) is 0 Å². The van der Waals surface area contributed by atoms with Crippen LogP contribution in [0.1, 0.15) is 29.2 Å². The molecule has 1 rings (SSSR count). The third-order valence-electron chi connectivity index (χ3n) is 2.49. The van der Waals surface area contributed by atoms with E-state index in [0.29, 0.717) is 0 Å². The van der Waals surface area contributed by atoms with Gasteiger partial charge in [-0.1, -0.05) is 22.0 Å². The SMILES string of the molecule is CCOC(=O)Cc1cc(CBr)c(C#N)c(C(F)(F)F)c1. The molecular weight excluding hydrogens is 339 g/mol. The van der Waals surface area contributed by atoms with E-state index in [9.17, 15) is 18.0 Å². The molecule has 0 saturated carbocycles. The van der Waals surface area contributed by atoms with E-state index in [1.165, 1.54) is 6.07 Å². The first kappa shape index (κ1) is 16.5. The maximum Gasteiger partial charge on any atom is 0.417 e. The number of nitriles is 1. The molecule has 0 atom stereocenters. The van der Waals surface area contributed by atoms with Gasteiger partial charge in [0.05, 0.1) is 24.2 Å². The van der Waals surface area contributed by atoms with Gasteiger partial charge in [-0.3, -0.25) is 4.79 Å². The van der Waals surface area contributed by atoms with Crippen molar-refractivity contribution >= 4 is 21.9 Å². The monoisotopic (exact) mass is 349 g/mol. The van der Waals surface area contributed by atoms with Crippen LogP contribution in [-0.4, -0.2) is 12.6 Å². The van der Waals surface area contributed by atoms with Gasteiger partial charge in [0.1, 0.15) is 6.07 Å². The van der Waals surface area contributed by atoms with Crippen LogP contribution in [0.3, 0.4) is 0 Å². The Kier molecular flexibility index (Phi) is 5.57. The summed E-state index contributed by atoms with van der Waals surface area (Å²) >= 11 is 3.05. The zero-order chi connectivity index (χ0) is 15.3. The zero-order valence-electron chi connectivity index (χ0n) is 10.6. The summed E-state index contributed by atoms with van der Waals surface area (Å²) in [6, 6.07) is 3.78. The Labute approximate surface area is 122 Å². The lowest BCUT2D eigenvalue weighted by molar-refractivity contribution is -0.142. The molecule has 0 aliphatic carbocycles. The molecule has 0 bridgehead atoms. The van der Waals surface area contributed by atoms with Crippen LogP contribution in [0.4, 0.5) is 13.2 Å². The van der Waals surface area contributed by atoms with Crippen molar-refractivity contribution in [3.8, 4) is 6.07 Å². The molecule has 0 amide bonds. The van der Waals surface area contributed by atoms with Crippen LogP contribution in [0.2, 0.25) is 0 Å². The highest BCUT2D eigenvalue weighted by Gasteiger charge is 2.35. The van der Waals surface area contributed by atoms with Crippen LogP contribution in [-0.2, 0) is 27.5 Å². The second-order valence-corrected chi connectivity index (χ2v) is 4.46. The van der Waals surface area contributed by atoms with Crippen LogP contribution in [0, 0.1) is 11.3 Å². The van der Waals surface area contributed by atoms with E-state index in [4.69, 9.17) is 10.00 Å². The van der Waals surface area contributed by atoms with Gasteiger partial charge in [-0.25, -0.2) is 0 Å². The van der Waals surface area contributed by atoms with Gasteiger partial charge in [0, 0.05) is 5.33 Å². The van der Waals surface area contributed by atoms with Crippen molar-refractivity contribution in [2.75, 3.05) is 6.61 Å². The number of alkyl halides is 4. The number of esters is 1. The second-order valence-electron chi connectivity index (χ2n) is 3.90. The molecule has 7 heteroatoms. The molecule has 0 saturated heterocycles. The summed E-state index contributed by atoms with van der Waals surface area (Å²) in [5, 5.41) is 8.98. The minimum atomic E-state index is -4.65. The molecule has 20 heavy (non-hydrogen) atoms. The molecule has 0 aromatic heterocycles. The lowest BCUT2D eigenvalue weighted by atomic mass is 9.97. The van der Waals surface area contributed by atoms with Crippen molar-refractivity contribution in [1.82, 2.24) is 0 Å². The number of carbonyl (C=O) groups is 1. The third kappa shape index (κ3) is 3.97. The second kappa shape index (κ2) is 6.75. The molecule has 1 aromatic carbocycles. The van der Waals surface area contributed by atoms with Crippen molar-refractivity contribution in [3.63, 3.8) is 0 Å². The molecule has 0 aliphatic rings. The Balaban J connectivity index is 3.30. The molecule has 0 radical (unpaired) electrons. The number of ether oxygens (including phenoxy) is 1. The molecule has 0 spiro atoms. The van der Waals surface area contributed by atoms with Crippen LogP contribution in [0.5, 0.6) is 0 Å². The van der Waals surface area contributed by atoms with Crippen molar-refractivity contribution in [2.45, 2.75) is 24.9 Å². The predicted molar refractivity (Wildman–Crippen MR) is 69.1 cm³/mol. The summed E-state index contributed by atoms with van der Waals surface area (Å²) in [5.74, 6) is -0.606. The summed E-state index contributed by atoms with van der Waals surface area (Å²) < 4.78 is 43.5. The first-order valence-electron chi connectivity index (χ1n) is 5.68. The van der Waals surface area contributed by atoms with Crippen LogP contribution < -0.4 is 0 Å². The predicted octanol–water partition coefficient (Wildman–Crippen LogP) is 3.58. The summed E-state index contributed by atoms with van der Waals surface area (Å²) in [6.07, 6.45) is -4.91. The van der Waals surface area contributed by atoms with E-state index in [1.54, 1.807) is 13.0 Å². The van der Waals surface area contributed by atoms with Crippen molar-refractivity contribution < 1.29 is 22.7 Å². The molecular formula is C13H11BrF3NO2. The smallest absolute Gasteiger partial charge is 0.417 e. The van der Waals surface area contributed by atoms with E-state index in [2.05, 4.69) is 15.9 Å². The molecule has 0 fully saturated rings. The van der Waals surface area contributed by atoms with Crippen molar-refractivity contribution in [3.05, 3.63) is 34.4 Å². The molecule has 0 unspecified atom stereocenters. The Morgan fingerprint density at radius 1 is 1.45 bits per heavy atom. The van der Waals surface area contributed by atoms with Crippen LogP contribution in [0.25, 0.3) is 0 Å². The van der Waals surface area contributed by atoms with Gasteiger partial charge >= 0.3 is 12.1 Å². The third-order valence-corrected chi connectivity index (χ3v) is 3.10. The Morgan fingerprint density at radius 3 is 2.55 bits per heavy atom. The fraction of sp³-hybridized carbons (Fsp3) is 0.385. The van der Waals surface area contributed by atoms with Gasteiger partial charge in [-0.15, -0.1) is 0 Å². The molecule has 0 heterocycles. The molecule has 3 nitrogen and oxygen atoms in total. The lowest BCUT2D eigenvalue weighted by Crippen LogP contribution is -2.13. The minimum absolute atomic E-state index is 0.0929.